The number of unbranched alkanes of at least 4 members (excludes halogenated alkanes) is 23. The Balaban J connectivity index is 4.40. The third kappa shape index (κ3) is 64.1. The van der Waals surface area contributed by atoms with Gasteiger partial charge in [0, 0.05) is 19.3 Å². The van der Waals surface area contributed by atoms with Crippen molar-refractivity contribution in [2.75, 3.05) is 13.2 Å². The molecule has 6 nitrogen and oxygen atoms in total. The molecular weight excluding hydrogens is 985 g/mol. The third-order valence-corrected chi connectivity index (χ3v) is 13.5. The van der Waals surface area contributed by atoms with Crippen LogP contribution in [-0.2, 0) is 28.6 Å². The van der Waals surface area contributed by atoms with Crippen molar-refractivity contribution >= 4 is 17.9 Å². The fourth-order valence-electron chi connectivity index (χ4n) is 8.62. The first-order chi connectivity index (χ1) is 39.5. The Kier molecular flexibility index (Phi) is 62.9. The molecule has 452 valence electrons. The van der Waals surface area contributed by atoms with E-state index in [9.17, 15) is 14.4 Å². The summed E-state index contributed by atoms with van der Waals surface area (Å²) in [5, 5.41) is 0. The molecule has 0 heterocycles. The lowest BCUT2D eigenvalue weighted by molar-refractivity contribution is -0.167. The van der Waals surface area contributed by atoms with Gasteiger partial charge in [-0.2, -0.15) is 0 Å². The zero-order chi connectivity index (χ0) is 57.8. The number of ether oxygens (including phenoxy) is 3. The number of rotatable bonds is 58. The molecule has 0 saturated carbocycles. The maximum absolute atomic E-state index is 12.9. The van der Waals surface area contributed by atoms with E-state index in [1.54, 1.807) is 0 Å². The molecule has 0 spiro atoms. The quantitative estimate of drug-likeness (QED) is 0.0261. The first-order valence-corrected chi connectivity index (χ1v) is 32.8. The Hall–Kier alpha value is -4.71. The zero-order valence-corrected chi connectivity index (χ0v) is 51.8. The van der Waals surface area contributed by atoms with Gasteiger partial charge >= 0.3 is 17.9 Å². The van der Waals surface area contributed by atoms with Crippen molar-refractivity contribution in [1.82, 2.24) is 0 Å². The Morgan fingerprint density at radius 2 is 0.500 bits per heavy atom. The van der Waals surface area contributed by atoms with E-state index >= 15 is 0 Å². The molecule has 0 N–H and O–H groups in total. The standard InChI is InChI=1S/C74H120O6/c1-4-7-10-13-16-19-22-25-28-30-32-33-34-35-36-37-38-39-40-41-43-44-46-49-52-55-58-61-64-67-73(76)79-70-71(69-78-72(75)66-63-60-57-54-51-48-27-24-21-18-15-12-9-6-3)80-74(77)68-65-62-59-56-53-50-47-45-42-31-29-26-23-20-17-14-11-8-5-2/h7,10,15-20,24-29,32-33,35-36,38-39,41-43,45,71H,4-6,8-9,11-14,21-23,30-31,34,37,40,44,46-70H2,1-3H3/b10-7-,18-15-,19-16-,20-17-,27-24-,28-25-,29-26-,33-32-,36-35-,39-38-,43-41-,45-42-. The highest BCUT2D eigenvalue weighted by atomic mass is 16.6. The molecule has 0 aromatic carbocycles. The second kappa shape index (κ2) is 66.8. The molecule has 6 heteroatoms. The van der Waals surface area contributed by atoms with E-state index < -0.39 is 6.10 Å². The van der Waals surface area contributed by atoms with Gasteiger partial charge in [-0.3, -0.25) is 14.4 Å². The van der Waals surface area contributed by atoms with E-state index in [0.717, 1.165) is 161 Å². The van der Waals surface area contributed by atoms with E-state index in [-0.39, 0.29) is 31.1 Å². The fraction of sp³-hybridized carbons (Fsp3) is 0.635. The summed E-state index contributed by atoms with van der Waals surface area (Å²) in [6.07, 6.45) is 95.6. The van der Waals surface area contributed by atoms with Gasteiger partial charge in [0.2, 0.25) is 0 Å². The van der Waals surface area contributed by atoms with Crippen LogP contribution in [-0.4, -0.2) is 37.2 Å². The van der Waals surface area contributed by atoms with Crippen LogP contribution in [0.2, 0.25) is 0 Å². The number of allylic oxidation sites excluding steroid dienone is 24. The Morgan fingerprint density at radius 3 is 0.800 bits per heavy atom. The molecule has 0 fully saturated rings. The van der Waals surface area contributed by atoms with Crippen LogP contribution < -0.4 is 0 Å². The van der Waals surface area contributed by atoms with Crippen molar-refractivity contribution in [3.8, 4) is 0 Å². The number of esters is 3. The molecule has 0 amide bonds. The topological polar surface area (TPSA) is 78.9 Å². The van der Waals surface area contributed by atoms with E-state index in [0.29, 0.717) is 19.3 Å². The highest BCUT2D eigenvalue weighted by Crippen LogP contribution is 2.14. The molecule has 0 rings (SSSR count). The van der Waals surface area contributed by atoms with Crippen LogP contribution in [0.4, 0.5) is 0 Å². The first-order valence-electron chi connectivity index (χ1n) is 32.8. The zero-order valence-electron chi connectivity index (χ0n) is 51.8. The van der Waals surface area contributed by atoms with Gasteiger partial charge in [0.1, 0.15) is 13.2 Å². The first kappa shape index (κ1) is 75.3. The fourth-order valence-corrected chi connectivity index (χ4v) is 8.62. The average Bonchev–Trinajstić information content (AvgIpc) is 3.46. The SMILES string of the molecule is CC/C=C\C/C=C\C/C=C\C/C=C\C/C=C\C/C=C\C/C=C\CCCCCCCCCC(=O)OCC(COC(=O)CCCCCCC/C=C\C/C=C\CCCC)OC(=O)CCCCCCCC/C=C\C/C=C\C/C=C\CCCCC. The van der Waals surface area contributed by atoms with Crippen LogP contribution in [0.15, 0.2) is 146 Å². The summed E-state index contributed by atoms with van der Waals surface area (Å²) in [6.45, 7) is 6.43. The van der Waals surface area contributed by atoms with Gasteiger partial charge in [-0.25, -0.2) is 0 Å². The van der Waals surface area contributed by atoms with Crippen molar-refractivity contribution in [2.45, 2.75) is 290 Å². The maximum Gasteiger partial charge on any atom is 0.306 e. The summed E-state index contributed by atoms with van der Waals surface area (Å²) in [5.41, 5.74) is 0. The summed E-state index contributed by atoms with van der Waals surface area (Å²) < 4.78 is 16.9. The summed E-state index contributed by atoms with van der Waals surface area (Å²) in [4.78, 5) is 38.3. The molecule has 1 unspecified atom stereocenters. The van der Waals surface area contributed by atoms with Crippen molar-refractivity contribution in [2.24, 2.45) is 0 Å². The van der Waals surface area contributed by atoms with E-state index in [2.05, 4.69) is 167 Å². The lowest BCUT2D eigenvalue weighted by Gasteiger charge is -2.18. The molecule has 0 aliphatic rings. The molecule has 0 aromatic heterocycles. The van der Waals surface area contributed by atoms with Gasteiger partial charge in [0.15, 0.2) is 6.10 Å². The van der Waals surface area contributed by atoms with E-state index in [4.69, 9.17) is 14.2 Å². The van der Waals surface area contributed by atoms with Crippen LogP contribution in [0, 0.1) is 0 Å². The Morgan fingerprint density at radius 1 is 0.263 bits per heavy atom. The average molecular weight is 1110 g/mol. The molecule has 1 atom stereocenters. The third-order valence-electron chi connectivity index (χ3n) is 13.5. The molecule has 0 radical (unpaired) electrons. The van der Waals surface area contributed by atoms with Crippen LogP contribution >= 0.6 is 0 Å². The summed E-state index contributed by atoms with van der Waals surface area (Å²) >= 11 is 0. The van der Waals surface area contributed by atoms with E-state index in [1.807, 2.05) is 0 Å². The highest BCUT2D eigenvalue weighted by Gasteiger charge is 2.19. The lowest BCUT2D eigenvalue weighted by atomic mass is 10.1. The van der Waals surface area contributed by atoms with Crippen molar-refractivity contribution in [3.63, 3.8) is 0 Å². The van der Waals surface area contributed by atoms with Crippen molar-refractivity contribution in [1.29, 1.82) is 0 Å². The van der Waals surface area contributed by atoms with Crippen LogP contribution in [0.25, 0.3) is 0 Å². The summed E-state index contributed by atoms with van der Waals surface area (Å²) in [6, 6.07) is 0. The van der Waals surface area contributed by atoms with Gasteiger partial charge in [-0.1, -0.05) is 269 Å². The smallest absolute Gasteiger partial charge is 0.306 e. The highest BCUT2D eigenvalue weighted by molar-refractivity contribution is 5.71. The molecule has 0 bridgehead atoms. The predicted octanol–water partition coefficient (Wildman–Crippen LogP) is 22.7. The summed E-state index contributed by atoms with van der Waals surface area (Å²) in [5.74, 6) is -0.935. The molecule has 0 aliphatic carbocycles. The molecule has 0 aliphatic heterocycles. The van der Waals surface area contributed by atoms with Crippen LogP contribution in [0.1, 0.15) is 284 Å². The number of carbonyl (C=O) groups is 3. The number of carbonyl (C=O) groups excluding carboxylic acids is 3. The second-order valence-electron chi connectivity index (χ2n) is 21.3. The predicted molar refractivity (Wildman–Crippen MR) is 348 cm³/mol. The van der Waals surface area contributed by atoms with E-state index in [1.165, 1.54) is 83.5 Å². The van der Waals surface area contributed by atoms with Gasteiger partial charge < -0.3 is 14.2 Å². The van der Waals surface area contributed by atoms with Crippen molar-refractivity contribution in [3.05, 3.63) is 146 Å². The minimum Gasteiger partial charge on any atom is -0.462 e. The molecule has 0 saturated heterocycles. The normalized spacial score (nSPS) is 13.1. The largest absolute Gasteiger partial charge is 0.462 e. The maximum atomic E-state index is 12.9. The lowest BCUT2D eigenvalue weighted by Crippen LogP contribution is -2.30. The van der Waals surface area contributed by atoms with Gasteiger partial charge in [-0.15, -0.1) is 0 Å². The van der Waals surface area contributed by atoms with Crippen LogP contribution in [0.5, 0.6) is 0 Å². The number of hydrogen-bond donors (Lipinski definition) is 0. The van der Waals surface area contributed by atoms with Crippen LogP contribution in [0.3, 0.4) is 0 Å². The Bertz CT molecular complexity index is 1750. The minimum absolute atomic E-state index is 0.0987. The monoisotopic (exact) mass is 1100 g/mol. The molecule has 80 heavy (non-hydrogen) atoms. The summed E-state index contributed by atoms with van der Waals surface area (Å²) in [7, 11) is 0. The minimum atomic E-state index is -0.803. The number of hydrogen-bond acceptors (Lipinski definition) is 6. The Labute approximate surface area is 493 Å². The molecule has 0 aromatic rings. The van der Waals surface area contributed by atoms with Gasteiger partial charge in [-0.05, 0) is 141 Å². The molecular formula is C74H120O6. The second-order valence-corrected chi connectivity index (χ2v) is 21.3. The van der Waals surface area contributed by atoms with Crippen molar-refractivity contribution < 1.29 is 28.6 Å². The van der Waals surface area contributed by atoms with Gasteiger partial charge in [0.05, 0.1) is 0 Å². The van der Waals surface area contributed by atoms with Gasteiger partial charge in [0.25, 0.3) is 0 Å².